The number of aliphatic carboxylic acids is 1. The molecule has 0 bridgehead atoms. The van der Waals surface area contributed by atoms with Gasteiger partial charge in [0.05, 0.1) is 0 Å². The molecule has 0 radical (unpaired) electrons. The highest BCUT2D eigenvalue weighted by Crippen LogP contribution is 2.19. The standard InChI is InChI=1S/C16H30N2O4/c1-11(2)13(14(19)20)17-9-12-7-6-8-18(10-12)15(21)22-16(3,4)5/h11-13,17H,6-10H2,1-5H3,(H,19,20). The molecule has 6 nitrogen and oxygen atoms in total. The van der Waals surface area contributed by atoms with Crippen molar-refractivity contribution in [3.8, 4) is 0 Å². The van der Waals surface area contributed by atoms with Crippen LogP contribution in [0.5, 0.6) is 0 Å². The first-order chi connectivity index (χ1) is 10.1. The number of nitrogens with one attached hydrogen (secondary N) is 1. The lowest BCUT2D eigenvalue weighted by Gasteiger charge is -2.34. The summed E-state index contributed by atoms with van der Waals surface area (Å²) < 4.78 is 5.40. The fourth-order valence-electron chi connectivity index (χ4n) is 2.63. The summed E-state index contributed by atoms with van der Waals surface area (Å²) in [4.78, 5) is 25.0. The van der Waals surface area contributed by atoms with Crippen LogP contribution in [0.1, 0.15) is 47.5 Å². The number of hydrogen-bond donors (Lipinski definition) is 2. The molecule has 0 aliphatic carbocycles. The molecule has 1 rings (SSSR count). The van der Waals surface area contributed by atoms with Gasteiger partial charge in [-0.25, -0.2) is 4.79 Å². The molecule has 1 fully saturated rings. The van der Waals surface area contributed by atoms with Gasteiger partial charge >= 0.3 is 12.1 Å². The average Bonchev–Trinajstić information content (AvgIpc) is 2.36. The van der Waals surface area contributed by atoms with Crippen molar-refractivity contribution in [2.24, 2.45) is 11.8 Å². The second-order valence-electron chi connectivity index (χ2n) is 7.40. The molecule has 1 saturated heterocycles. The number of amides is 1. The Morgan fingerprint density at radius 1 is 1.36 bits per heavy atom. The molecule has 1 aliphatic heterocycles. The molecule has 2 atom stereocenters. The lowest BCUT2D eigenvalue weighted by atomic mass is 9.97. The van der Waals surface area contributed by atoms with E-state index in [1.165, 1.54) is 0 Å². The molecule has 0 aromatic carbocycles. The van der Waals surface area contributed by atoms with Gasteiger partial charge in [0, 0.05) is 19.6 Å². The summed E-state index contributed by atoms with van der Waals surface area (Å²) in [5.74, 6) is -0.528. The van der Waals surface area contributed by atoms with Crippen molar-refractivity contribution < 1.29 is 19.4 Å². The lowest BCUT2D eigenvalue weighted by molar-refractivity contribution is -0.140. The van der Waals surface area contributed by atoms with Gasteiger partial charge in [-0.05, 0) is 45.4 Å². The van der Waals surface area contributed by atoms with E-state index in [4.69, 9.17) is 4.74 Å². The number of rotatable bonds is 5. The van der Waals surface area contributed by atoms with E-state index in [1.54, 1.807) is 4.90 Å². The number of hydrogen-bond acceptors (Lipinski definition) is 4. The van der Waals surface area contributed by atoms with Crippen LogP contribution in [0.15, 0.2) is 0 Å². The highest BCUT2D eigenvalue weighted by molar-refractivity contribution is 5.73. The van der Waals surface area contributed by atoms with E-state index in [2.05, 4.69) is 5.32 Å². The Morgan fingerprint density at radius 2 is 2.00 bits per heavy atom. The minimum Gasteiger partial charge on any atom is -0.480 e. The zero-order valence-corrected chi connectivity index (χ0v) is 14.4. The molecular formula is C16H30N2O4. The van der Waals surface area contributed by atoms with Crippen LogP contribution in [0.2, 0.25) is 0 Å². The van der Waals surface area contributed by atoms with E-state index >= 15 is 0 Å². The summed E-state index contributed by atoms with van der Waals surface area (Å²) in [7, 11) is 0. The smallest absolute Gasteiger partial charge is 0.410 e. The Balaban J connectivity index is 2.49. The number of piperidine rings is 1. The maximum absolute atomic E-state index is 12.1. The largest absolute Gasteiger partial charge is 0.480 e. The van der Waals surface area contributed by atoms with Gasteiger partial charge in [-0.1, -0.05) is 13.8 Å². The van der Waals surface area contributed by atoms with Crippen molar-refractivity contribution in [1.82, 2.24) is 10.2 Å². The van der Waals surface area contributed by atoms with Crippen molar-refractivity contribution in [2.75, 3.05) is 19.6 Å². The van der Waals surface area contributed by atoms with E-state index in [1.807, 2.05) is 34.6 Å². The zero-order chi connectivity index (χ0) is 16.9. The third kappa shape index (κ3) is 6.22. The van der Waals surface area contributed by atoms with Gasteiger partial charge in [-0.15, -0.1) is 0 Å². The minimum atomic E-state index is -0.824. The molecule has 128 valence electrons. The summed E-state index contributed by atoms with van der Waals surface area (Å²) in [6.07, 6.45) is 1.64. The molecule has 22 heavy (non-hydrogen) atoms. The third-order valence-electron chi connectivity index (χ3n) is 3.73. The molecule has 0 aromatic heterocycles. The van der Waals surface area contributed by atoms with E-state index < -0.39 is 17.6 Å². The van der Waals surface area contributed by atoms with Gasteiger partial charge < -0.3 is 20.1 Å². The van der Waals surface area contributed by atoms with E-state index in [9.17, 15) is 14.7 Å². The molecule has 2 unspecified atom stereocenters. The molecule has 1 aliphatic rings. The second-order valence-corrected chi connectivity index (χ2v) is 7.40. The molecule has 1 amide bonds. The normalized spacial score (nSPS) is 20.8. The molecule has 6 heteroatoms. The maximum Gasteiger partial charge on any atom is 0.410 e. The summed E-state index contributed by atoms with van der Waals surface area (Å²) >= 11 is 0. The van der Waals surface area contributed by atoms with Gasteiger partial charge in [-0.2, -0.15) is 0 Å². The van der Waals surface area contributed by atoms with Crippen LogP contribution in [0.3, 0.4) is 0 Å². The number of carbonyl (C=O) groups excluding carboxylic acids is 1. The highest BCUT2D eigenvalue weighted by atomic mass is 16.6. The summed E-state index contributed by atoms with van der Waals surface area (Å²) in [5.41, 5.74) is -0.492. The molecule has 0 saturated carbocycles. The van der Waals surface area contributed by atoms with Crippen molar-refractivity contribution in [1.29, 1.82) is 0 Å². The zero-order valence-electron chi connectivity index (χ0n) is 14.4. The highest BCUT2D eigenvalue weighted by Gasteiger charge is 2.29. The molecule has 0 spiro atoms. The van der Waals surface area contributed by atoms with Crippen LogP contribution >= 0.6 is 0 Å². The van der Waals surface area contributed by atoms with Gasteiger partial charge in [0.25, 0.3) is 0 Å². The Labute approximate surface area is 133 Å². The lowest BCUT2D eigenvalue weighted by Crippen LogP contribution is -2.48. The Kier molecular flexibility index (Phi) is 6.66. The molecule has 2 N–H and O–H groups in total. The number of carboxylic acids is 1. The second kappa shape index (κ2) is 7.81. The summed E-state index contributed by atoms with van der Waals surface area (Å²) in [6.45, 7) is 11.3. The fraction of sp³-hybridized carbons (Fsp3) is 0.875. The Bertz CT molecular complexity index is 390. The molecule has 1 heterocycles. The van der Waals surface area contributed by atoms with Crippen LogP contribution in [0.4, 0.5) is 4.79 Å². The predicted molar refractivity (Wildman–Crippen MR) is 84.8 cm³/mol. The number of carbonyl (C=O) groups is 2. The van der Waals surface area contributed by atoms with Crippen LogP contribution < -0.4 is 5.32 Å². The van der Waals surface area contributed by atoms with Crippen molar-refractivity contribution in [3.05, 3.63) is 0 Å². The van der Waals surface area contributed by atoms with Crippen molar-refractivity contribution in [3.63, 3.8) is 0 Å². The summed E-state index contributed by atoms with van der Waals surface area (Å²) in [5, 5.41) is 12.3. The number of nitrogens with zero attached hydrogens (tertiary/aromatic N) is 1. The minimum absolute atomic E-state index is 0.0306. The van der Waals surface area contributed by atoms with Crippen molar-refractivity contribution >= 4 is 12.1 Å². The van der Waals surface area contributed by atoms with Gasteiger partial charge in [0.2, 0.25) is 0 Å². The topological polar surface area (TPSA) is 78.9 Å². The first-order valence-corrected chi connectivity index (χ1v) is 8.04. The molecular weight excluding hydrogens is 284 g/mol. The van der Waals surface area contributed by atoms with E-state index in [0.29, 0.717) is 19.6 Å². The number of ether oxygens (including phenoxy) is 1. The fourth-order valence-corrected chi connectivity index (χ4v) is 2.63. The predicted octanol–water partition coefficient (Wildman–Crippen LogP) is 2.33. The van der Waals surface area contributed by atoms with E-state index in [-0.39, 0.29) is 17.9 Å². The Morgan fingerprint density at radius 3 is 2.50 bits per heavy atom. The number of carboxylic acid groups (broad SMARTS) is 1. The van der Waals surface area contributed by atoms with Crippen LogP contribution in [0.25, 0.3) is 0 Å². The van der Waals surface area contributed by atoms with Crippen molar-refractivity contribution in [2.45, 2.75) is 59.1 Å². The SMILES string of the molecule is CC(C)C(NCC1CCCN(C(=O)OC(C)(C)C)C1)C(=O)O. The van der Waals surface area contributed by atoms with Crippen LogP contribution in [0, 0.1) is 11.8 Å². The van der Waals surface area contributed by atoms with Gasteiger partial charge in [-0.3, -0.25) is 4.79 Å². The van der Waals surface area contributed by atoms with Crippen LogP contribution in [-0.2, 0) is 9.53 Å². The molecule has 0 aromatic rings. The summed E-state index contributed by atoms with van der Waals surface area (Å²) in [6, 6.07) is -0.545. The number of likely N-dealkylation sites (tertiary alicyclic amines) is 1. The first-order valence-electron chi connectivity index (χ1n) is 8.04. The Hall–Kier alpha value is -1.30. The third-order valence-corrected chi connectivity index (χ3v) is 3.73. The van der Waals surface area contributed by atoms with Gasteiger partial charge in [0.1, 0.15) is 11.6 Å². The monoisotopic (exact) mass is 314 g/mol. The average molecular weight is 314 g/mol. The maximum atomic E-state index is 12.1. The van der Waals surface area contributed by atoms with E-state index in [0.717, 1.165) is 12.8 Å². The first kappa shape index (κ1) is 18.7. The quantitative estimate of drug-likeness (QED) is 0.814. The van der Waals surface area contributed by atoms with Crippen LogP contribution in [-0.4, -0.2) is 53.3 Å². The van der Waals surface area contributed by atoms with Gasteiger partial charge in [0.15, 0.2) is 0 Å².